The monoisotopic (exact) mass is 361 g/mol. The Balaban J connectivity index is 1.90. The second-order valence-electron chi connectivity index (χ2n) is 5.13. The third-order valence-corrected chi connectivity index (χ3v) is 3.63. The van der Waals surface area contributed by atoms with Gasteiger partial charge in [0.25, 0.3) is 5.69 Å². The minimum Gasteiger partial charge on any atom is -0.492 e. The highest BCUT2D eigenvalue weighted by Gasteiger charge is 2.11. The molecule has 0 spiro atoms. The molecule has 0 aliphatic rings. The number of non-ortho nitro benzene ring substituents is 1. The molecule has 0 saturated heterocycles. The highest BCUT2D eigenvalue weighted by atomic mass is 32.1. The van der Waals surface area contributed by atoms with E-state index in [1.165, 1.54) is 24.3 Å². The minimum atomic E-state index is -0.845. The molecular formula is C17H19N3O4S. The Morgan fingerprint density at radius 1 is 1.28 bits per heavy atom. The number of anilines is 1. The fourth-order valence-corrected chi connectivity index (χ4v) is 2.34. The molecule has 0 amide bonds. The van der Waals surface area contributed by atoms with E-state index in [1.807, 2.05) is 31.2 Å². The summed E-state index contributed by atoms with van der Waals surface area (Å²) < 4.78 is 5.51. The highest BCUT2D eigenvalue weighted by molar-refractivity contribution is 7.80. The van der Waals surface area contributed by atoms with Crippen molar-refractivity contribution < 1.29 is 14.8 Å². The van der Waals surface area contributed by atoms with Gasteiger partial charge in [-0.1, -0.05) is 12.1 Å². The van der Waals surface area contributed by atoms with Crippen LogP contribution in [0.15, 0.2) is 48.5 Å². The Labute approximate surface area is 150 Å². The topological polar surface area (TPSA) is 96.7 Å². The summed E-state index contributed by atoms with van der Waals surface area (Å²) in [6.45, 7) is 2.60. The summed E-state index contributed by atoms with van der Waals surface area (Å²) in [6.07, 6.45) is -0.845. The van der Waals surface area contributed by atoms with Crippen LogP contribution in [0, 0.1) is 10.1 Å². The molecule has 2 aromatic rings. The summed E-state index contributed by atoms with van der Waals surface area (Å²) >= 11 is 5.22. The van der Waals surface area contributed by atoms with E-state index in [2.05, 4.69) is 10.6 Å². The van der Waals surface area contributed by atoms with E-state index in [1.54, 1.807) is 0 Å². The molecule has 1 unspecified atom stereocenters. The Kier molecular flexibility index (Phi) is 6.67. The first-order chi connectivity index (χ1) is 12.0. The van der Waals surface area contributed by atoms with Crippen LogP contribution < -0.4 is 15.4 Å². The van der Waals surface area contributed by atoms with Crippen LogP contribution in [0.2, 0.25) is 0 Å². The van der Waals surface area contributed by atoms with Crippen molar-refractivity contribution in [1.29, 1.82) is 0 Å². The van der Waals surface area contributed by atoms with Gasteiger partial charge in [0.15, 0.2) is 5.11 Å². The second kappa shape index (κ2) is 8.95. The van der Waals surface area contributed by atoms with Crippen LogP contribution in [0.3, 0.4) is 0 Å². The molecule has 0 heterocycles. The van der Waals surface area contributed by atoms with Gasteiger partial charge < -0.3 is 20.5 Å². The van der Waals surface area contributed by atoms with Crippen LogP contribution >= 0.6 is 12.2 Å². The fourth-order valence-electron chi connectivity index (χ4n) is 2.14. The molecular weight excluding hydrogens is 342 g/mol. The lowest BCUT2D eigenvalue weighted by atomic mass is 10.1. The summed E-state index contributed by atoms with van der Waals surface area (Å²) in [6, 6.07) is 13.1. The first-order valence-corrected chi connectivity index (χ1v) is 8.11. The summed E-state index contributed by atoms with van der Waals surface area (Å²) in [5, 5.41) is 27.1. The van der Waals surface area contributed by atoms with E-state index >= 15 is 0 Å². The number of aliphatic hydroxyl groups is 1. The van der Waals surface area contributed by atoms with E-state index in [4.69, 9.17) is 17.0 Å². The van der Waals surface area contributed by atoms with Crippen molar-refractivity contribution in [1.82, 2.24) is 5.32 Å². The van der Waals surface area contributed by atoms with Gasteiger partial charge in [-0.25, -0.2) is 0 Å². The SMILES string of the molecule is CCOc1ccccc1NC(=S)NCC(O)c1ccc([N+](=O)[O-])cc1. The molecule has 0 bridgehead atoms. The molecule has 2 rings (SSSR count). The lowest BCUT2D eigenvalue weighted by Crippen LogP contribution is -2.32. The first-order valence-electron chi connectivity index (χ1n) is 7.70. The van der Waals surface area contributed by atoms with E-state index in [0.717, 1.165) is 5.69 Å². The van der Waals surface area contributed by atoms with Gasteiger partial charge in [-0.05, 0) is 49.0 Å². The number of rotatable bonds is 7. The number of benzene rings is 2. The summed E-state index contributed by atoms with van der Waals surface area (Å²) in [5.41, 5.74) is 1.27. The minimum absolute atomic E-state index is 0.0198. The number of hydrogen-bond donors (Lipinski definition) is 3. The Morgan fingerprint density at radius 3 is 2.60 bits per heavy atom. The standard InChI is InChI=1S/C17H19N3O4S/c1-2-24-16-6-4-3-5-14(16)19-17(25)18-11-15(21)12-7-9-13(10-8-12)20(22)23/h3-10,15,21H,2,11H2,1H3,(H2,18,19,25). The third-order valence-electron chi connectivity index (χ3n) is 3.38. The predicted molar refractivity (Wildman–Crippen MR) is 99.9 cm³/mol. The lowest BCUT2D eigenvalue weighted by Gasteiger charge is -2.16. The Morgan fingerprint density at radius 2 is 1.96 bits per heavy atom. The van der Waals surface area contributed by atoms with Crippen molar-refractivity contribution in [3.05, 3.63) is 64.2 Å². The normalized spacial score (nSPS) is 11.4. The maximum atomic E-state index is 10.6. The molecule has 0 fully saturated rings. The average molecular weight is 361 g/mol. The number of aliphatic hydroxyl groups excluding tert-OH is 1. The molecule has 3 N–H and O–H groups in total. The first kappa shape index (κ1) is 18.6. The predicted octanol–water partition coefficient (Wildman–Crippen LogP) is 3.01. The van der Waals surface area contributed by atoms with Crippen LogP contribution in [-0.4, -0.2) is 28.3 Å². The summed E-state index contributed by atoms with van der Waals surface area (Å²) in [5.74, 6) is 0.685. The zero-order valence-electron chi connectivity index (χ0n) is 13.6. The van der Waals surface area contributed by atoms with Gasteiger partial charge in [-0.3, -0.25) is 10.1 Å². The molecule has 0 aliphatic heterocycles. The molecule has 8 heteroatoms. The lowest BCUT2D eigenvalue weighted by molar-refractivity contribution is -0.384. The maximum Gasteiger partial charge on any atom is 0.269 e. The van der Waals surface area contributed by atoms with Crippen molar-refractivity contribution in [2.24, 2.45) is 0 Å². The summed E-state index contributed by atoms with van der Waals surface area (Å²) in [4.78, 5) is 10.2. The van der Waals surface area contributed by atoms with Gasteiger partial charge in [0, 0.05) is 18.7 Å². The van der Waals surface area contributed by atoms with Crippen molar-refractivity contribution in [3.8, 4) is 5.75 Å². The Hall–Kier alpha value is -2.71. The van der Waals surface area contributed by atoms with E-state index in [-0.39, 0.29) is 12.2 Å². The van der Waals surface area contributed by atoms with Gasteiger partial charge in [0.2, 0.25) is 0 Å². The zero-order chi connectivity index (χ0) is 18.2. The average Bonchev–Trinajstić information content (AvgIpc) is 2.61. The van der Waals surface area contributed by atoms with Gasteiger partial charge in [0.1, 0.15) is 5.75 Å². The number of para-hydroxylation sites is 2. The van der Waals surface area contributed by atoms with Crippen LogP contribution in [0.5, 0.6) is 5.75 Å². The number of ether oxygens (including phenoxy) is 1. The highest BCUT2D eigenvalue weighted by Crippen LogP contribution is 2.23. The van der Waals surface area contributed by atoms with E-state index < -0.39 is 11.0 Å². The van der Waals surface area contributed by atoms with Crippen LogP contribution in [-0.2, 0) is 0 Å². The molecule has 7 nitrogen and oxygen atoms in total. The molecule has 0 saturated carbocycles. The Bertz CT molecular complexity index is 737. The molecule has 1 atom stereocenters. The second-order valence-corrected chi connectivity index (χ2v) is 5.54. The number of nitro groups is 1. The number of thiocarbonyl (C=S) groups is 1. The van der Waals surface area contributed by atoms with Crippen LogP contribution in [0.25, 0.3) is 0 Å². The fraction of sp³-hybridized carbons (Fsp3) is 0.235. The molecule has 25 heavy (non-hydrogen) atoms. The van der Waals surface area contributed by atoms with Gasteiger partial charge >= 0.3 is 0 Å². The molecule has 2 aromatic carbocycles. The van der Waals surface area contributed by atoms with Gasteiger partial charge in [-0.15, -0.1) is 0 Å². The van der Waals surface area contributed by atoms with Crippen LogP contribution in [0.4, 0.5) is 11.4 Å². The molecule has 0 aliphatic carbocycles. The number of nitro benzene ring substituents is 1. The number of nitrogens with one attached hydrogen (secondary N) is 2. The number of nitrogens with zero attached hydrogens (tertiary/aromatic N) is 1. The smallest absolute Gasteiger partial charge is 0.269 e. The van der Waals surface area contributed by atoms with Crippen molar-refractivity contribution >= 4 is 28.7 Å². The van der Waals surface area contributed by atoms with Gasteiger partial charge in [0.05, 0.1) is 23.3 Å². The van der Waals surface area contributed by atoms with E-state index in [0.29, 0.717) is 23.0 Å². The molecule has 0 radical (unpaired) electrons. The van der Waals surface area contributed by atoms with Crippen molar-refractivity contribution in [2.45, 2.75) is 13.0 Å². The quantitative estimate of drug-likeness (QED) is 0.396. The van der Waals surface area contributed by atoms with Crippen molar-refractivity contribution in [2.75, 3.05) is 18.5 Å². The van der Waals surface area contributed by atoms with Crippen molar-refractivity contribution in [3.63, 3.8) is 0 Å². The van der Waals surface area contributed by atoms with Gasteiger partial charge in [-0.2, -0.15) is 0 Å². The zero-order valence-corrected chi connectivity index (χ0v) is 14.5. The summed E-state index contributed by atoms with van der Waals surface area (Å²) in [7, 11) is 0. The molecule has 0 aromatic heterocycles. The molecule has 132 valence electrons. The number of hydrogen-bond acceptors (Lipinski definition) is 5. The third kappa shape index (κ3) is 5.40. The van der Waals surface area contributed by atoms with E-state index in [9.17, 15) is 15.2 Å². The van der Waals surface area contributed by atoms with Crippen LogP contribution in [0.1, 0.15) is 18.6 Å². The maximum absolute atomic E-state index is 10.6. The largest absolute Gasteiger partial charge is 0.492 e.